The summed E-state index contributed by atoms with van der Waals surface area (Å²) in [5, 5.41) is 24.4. The highest BCUT2D eigenvalue weighted by Crippen LogP contribution is 2.25. The Morgan fingerprint density at radius 2 is 1.96 bits per heavy atom. The topological polar surface area (TPSA) is 119 Å². The molecule has 0 atom stereocenters. The second-order valence-electron chi connectivity index (χ2n) is 6.69. The van der Waals surface area contributed by atoms with Gasteiger partial charge in [0, 0.05) is 25.2 Å². The van der Waals surface area contributed by atoms with Gasteiger partial charge >= 0.3 is 5.97 Å². The molecule has 0 bridgehead atoms. The highest BCUT2D eigenvalue weighted by atomic mass is 16.5. The fourth-order valence-corrected chi connectivity index (χ4v) is 3.18. The molecule has 27 heavy (non-hydrogen) atoms. The molecule has 2 N–H and O–H groups in total. The molecule has 0 spiro atoms. The summed E-state index contributed by atoms with van der Waals surface area (Å²) in [5.41, 5.74) is 0.171. The maximum atomic E-state index is 12.3. The fourth-order valence-electron chi connectivity index (χ4n) is 3.18. The number of aliphatic carboxylic acids is 1. The Bertz CT molecular complexity index is 771. The molecule has 1 amide bonds. The standard InChI is InChI=1S/C18H23N5O4/c24-15(19-18(13-16(25)26)8-11-27-12-9-18)7-4-10-23-21-17(20-22-23)14-5-2-1-3-6-14/h1-3,5-6H,4,7-13H2,(H,19,24)(H,25,26). The van der Waals surface area contributed by atoms with Gasteiger partial charge in [-0.2, -0.15) is 4.80 Å². The Balaban J connectivity index is 1.49. The Morgan fingerprint density at radius 3 is 2.67 bits per heavy atom. The van der Waals surface area contributed by atoms with Crippen LogP contribution in [-0.4, -0.2) is 55.9 Å². The quantitative estimate of drug-likeness (QED) is 0.715. The molecule has 1 saturated heterocycles. The zero-order valence-electron chi connectivity index (χ0n) is 15.0. The van der Waals surface area contributed by atoms with Crippen LogP contribution in [0.3, 0.4) is 0 Å². The highest BCUT2D eigenvalue weighted by molar-refractivity contribution is 5.78. The molecule has 144 valence electrons. The van der Waals surface area contributed by atoms with Gasteiger partial charge in [-0.25, -0.2) is 0 Å². The Hall–Kier alpha value is -2.81. The number of nitrogens with one attached hydrogen (secondary N) is 1. The van der Waals surface area contributed by atoms with Gasteiger partial charge in [0.15, 0.2) is 0 Å². The molecule has 3 rings (SSSR count). The molecule has 1 fully saturated rings. The first-order valence-corrected chi connectivity index (χ1v) is 9.00. The summed E-state index contributed by atoms with van der Waals surface area (Å²) in [6, 6.07) is 9.55. The molecule has 9 nitrogen and oxygen atoms in total. The number of hydrogen-bond acceptors (Lipinski definition) is 6. The number of carboxylic acid groups (broad SMARTS) is 1. The van der Waals surface area contributed by atoms with E-state index in [4.69, 9.17) is 9.84 Å². The third-order valence-electron chi connectivity index (χ3n) is 4.59. The van der Waals surface area contributed by atoms with Crippen LogP contribution in [0.4, 0.5) is 0 Å². The van der Waals surface area contributed by atoms with E-state index in [1.807, 2.05) is 30.3 Å². The van der Waals surface area contributed by atoms with Crippen LogP contribution >= 0.6 is 0 Å². The summed E-state index contributed by atoms with van der Waals surface area (Å²) in [6.07, 6.45) is 1.74. The van der Waals surface area contributed by atoms with Crippen LogP contribution in [-0.2, 0) is 20.9 Å². The minimum absolute atomic E-state index is 0.0901. The first kappa shape index (κ1) is 19.0. The van der Waals surface area contributed by atoms with E-state index in [9.17, 15) is 9.59 Å². The van der Waals surface area contributed by atoms with Crippen LogP contribution < -0.4 is 5.32 Å². The molecule has 0 radical (unpaired) electrons. The van der Waals surface area contributed by atoms with Gasteiger partial charge < -0.3 is 15.2 Å². The number of nitrogens with zero attached hydrogens (tertiary/aromatic N) is 4. The van der Waals surface area contributed by atoms with Crippen LogP contribution in [0.5, 0.6) is 0 Å². The van der Waals surface area contributed by atoms with Crippen molar-refractivity contribution in [3.8, 4) is 11.4 Å². The number of benzene rings is 1. The van der Waals surface area contributed by atoms with Gasteiger partial charge in [-0.05, 0) is 24.5 Å². The zero-order valence-corrected chi connectivity index (χ0v) is 15.0. The van der Waals surface area contributed by atoms with Crippen molar-refractivity contribution in [1.29, 1.82) is 0 Å². The molecule has 0 saturated carbocycles. The van der Waals surface area contributed by atoms with Crippen LogP contribution in [0.2, 0.25) is 0 Å². The monoisotopic (exact) mass is 373 g/mol. The maximum absolute atomic E-state index is 12.3. The summed E-state index contributed by atoms with van der Waals surface area (Å²) in [7, 11) is 0. The number of carbonyl (C=O) groups excluding carboxylic acids is 1. The average molecular weight is 373 g/mol. The summed E-state index contributed by atoms with van der Waals surface area (Å²) in [6.45, 7) is 1.37. The summed E-state index contributed by atoms with van der Waals surface area (Å²) in [5.74, 6) is -0.540. The van der Waals surface area contributed by atoms with Crippen LogP contribution in [0.1, 0.15) is 32.1 Å². The lowest BCUT2D eigenvalue weighted by Gasteiger charge is -2.36. The van der Waals surface area contributed by atoms with Crippen molar-refractivity contribution in [2.75, 3.05) is 13.2 Å². The van der Waals surface area contributed by atoms with Gasteiger partial charge in [0.2, 0.25) is 11.7 Å². The first-order chi connectivity index (χ1) is 13.1. The first-order valence-electron chi connectivity index (χ1n) is 9.00. The van der Waals surface area contributed by atoms with E-state index in [1.165, 1.54) is 4.80 Å². The lowest BCUT2D eigenvalue weighted by atomic mass is 9.86. The molecule has 1 aromatic heterocycles. The Morgan fingerprint density at radius 1 is 1.22 bits per heavy atom. The van der Waals surface area contributed by atoms with E-state index in [-0.39, 0.29) is 18.7 Å². The summed E-state index contributed by atoms with van der Waals surface area (Å²) in [4.78, 5) is 24.9. The van der Waals surface area contributed by atoms with Crippen LogP contribution in [0.15, 0.2) is 30.3 Å². The number of aromatic nitrogens is 4. The number of tetrazole rings is 1. The predicted molar refractivity (Wildman–Crippen MR) is 95.7 cm³/mol. The smallest absolute Gasteiger partial charge is 0.305 e. The van der Waals surface area contributed by atoms with Crippen LogP contribution in [0, 0.1) is 0 Å². The molecule has 2 aromatic rings. The van der Waals surface area contributed by atoms with Crippen molar-refractivity contribution < 1.29 is 19.4 Å². The number of ether oxygens (including phenoxy) is 1. The SMILES string of the molecule is O=C(O)CC1(NC(=O)CCCn2nnc(-c3ccccc3)n2)CCOCC1. The van der Waals surface area contributed by atoms with Crippen molar-refractivity contribution >= 4 is 11.9 Å². The number of hydrogen-bond donors (Lipinski definition) is 2. The summed E-state index contributed by atoms with van der Waals surface area (Å²) < 4.78 is 5.29. The van der Waals surface area contributed by atoms with Gasteiger partial charge in [-0.1, -0.05) is 30.3 Å². The van der Waals surface area contributed by atoms with E-state index in [1.54, 1.807) is 0 Å². The number of carbonyl (C=O) groups is 2. The Labute approximate surface area is 156 Å². The predicted octanol–water partition coefficient (Wildman–Crippen LogP) is 1.26. The number of rotatable bonds is 8. The zero-order chi connectivity index (χ0) is 19.1. The third kappa shape index (κ3) is 5.33. The Kier molecular flexibility index (Phi) is 6.12. The largest absolute Gasteiger partial charge is 0.481 e. The third-order valence-corrected chi connectivity index (χ3v) is 4.59. The second kappa shape index (κ2) is 8.72. The van der Waals surface area contributed by atoms with Crippen molar-refractivity contribution in [3.63, 3.8) is 0 Å². The van der Waals surface area contributed by atoms with E-state index in [0.717, 1.165) is 5.56 Å². The van der Waals surface area contributed by atoms with Crippen molar-refractivity contribution in [2.45, 2.75) is 44.2 Å². The highest BCUT2D eigenvalue weighted by Gasteiger charge is 2.36. The molecule has 0 unspecified atom stereocenters. The van der Waals surface area contributed by atoms with Gasteiger partial charge in [-0.3, -0.25) is 9.59 Å². The second-order valence-corrected chi connectivity index (χ2v) is 6.69. The van der Waals surface area contributed by atoms with Crippen molar-refractivity contribution in [2.24, 2.45) is 0 Å². The maximum Gasteiger partial charge on any atom is 0.305 e. The molecule has 9 heteroatoms. The lowest BCUT2D eigenvalue weighted by molar-refractivity contribution is -0.140. The average Bonchev–Trinajstić information content (AvgIpc) is 3.11. The molecular formula is C18H23N5O4. The van der Waals surface area contributed by atoms with Gasteiger partial charge in [0.1, 0.15) is 0 Å². The van der Waals surface area contributed by atoms with E-state index in [2.05, 4.69) is 20.7 Å². The van der Waals surface area contributed by atoms with E-state index >= 15 is 0 Å². The minimum atomic E-state index is -0.919. The van der Waals surface area contributed by atoms with E-state index < -0.39 is 11.5 Å². The lowest BCUT2D eigenvalue weighted by Crippen LogP contribution is -2.53. The van der Waals surface area contributed by atoms with Crippen molar-refractivity contribution in [3.05, 3.63) is 30.3 Å². The molecule has 2 heterocycles. The number of amides is 1. The van der Waals surface area contributed by atoms with Gasteiger partial charge in [0.25, 0.3) is 0 Å². The number of aryl methyl sites for hydroxylation is 1. The van der Waals surface area contributed by atoms with Crippen molar-refractivity contribution in [1.82, 2.24) is 25.5 Å². The van der Waals surface area contributed by atoms with E-state index in [0.29, 0.717) is 44.8 Å². The number of carboxylic acids is 1. The fraction of sp³-hybridized carbons (Fsp3) is 0.500. The molecule has 1 aliphatic heterocycles. The molecular weight excluding hydrogens is 350 g/mol. The van der Waals surface area contributed by atoms with Gasteiger partial charge in [-0.15, -0.1) is 10.2 Å². The van der Waals surface area contributed by atoms with Gasteiger partial charge in [0.05, 0.1) is 18.5 Å². The van der Waals surface area contributed by atoms with Crippen LogP contribution in [0.25, 0.3) is 11.4 Å². The molecule has 1 aliphatic rings. The molecule has 1 aromatic carbocycles. The minimum Gasteiger partial charge on any atom is -0.481 e. The summed E-state index contributed by atoms with van der Waals surface area (Å²) >= 11 is 0. The molecule has 0 aliphatic carbocycles. The normalized spacial score (nSPS) is 16.0.